The Morgan fingerprint density at radius 1 is 0.676 bits per heavy atom. The van der Waals surface area contributed by atoms with E-state index in [9.17, 15) is 34.2 Å². The van der Waals surface area contributed by atoms with Gasteiger partial charge in [-0.1, -0.05) is 30.3 Å². The lowest BCUT2D eigenvalue weighted by Crippen LogP contribution is -2.26. The van der Waals surface area contributed by atoms with Gasteiger partial charge >= 0.3 is 23.9 Å². The number of aromatic carboxylic acids is 2. The summed E-state index contributed by atoms with van der Waals surface area (Å²) in [6.45, 7) is 6.03. The molecule has 11 nitrogen and oxygen atoms in total. The summed E-state index contributed by atoms with van der Waals surface area (Å²) in [7, 11) is 0. The van der Waals surface area contributed by atoms with Crippen molar-refractivity contribution in [1.82, 2.24) is 0 Å². The molecule has 0 fully saturated rings. The number of carbonyl (C=O) groups is 5. The highest BCUT2D eigenvalue weighted by Gasteiger charge is 2.37. The largest absolute Gasteiger partial charge is 0.478 e. The number of hydrogen-bond acceptors (Lipinski definition) is 9. The number of ketones is 1. The van der Waals surface area contributed by atoms with Crippen LogP contribution in [0.2, 0.25) is 0 Å². The fourth-order valence-electron chi connectivity index (χ4n) is 2.78. The first-order valence-electron chi connectivity index (χ1n) is 9.98. The molecule has 0 aliphatic carbocycles. The SMILES string of the molecule is CC(C)OOC(=O)c1c(C(=O)c2ccccc2)cc(C(=O)O)c(C(=O)O)c1C(=O)OOC(C)C. The maximum atomic E-state index is 13.2. The minimum Gasteiger partial charge on any atom is -0.478 e. The van der Waals surface area contributed by atoms with Gasteiger partial charge in [0.2, 0.25) is 0 Å². The molecule has 2 aromatic rings. The van der Waals surface area contributed by atoms with E-state index in [1.54, 1.807) is 6.07 Å². The van der Waals surface area contributed by atoms with Crippen molar-refractivity contribution >= 4 is 29.7 Å². The van der Waals surface area contributed by atoms with Crippen molar-refractivity contribution in [2.45, 2.75) is 39.9 Å². The highest BCUT2D eigenvalue weighted by atomic mass is 17.2. The quantitative estimate of drug-likeness (QED) is 0.295. The fraction of sp³-hybridized carbons (Fsp3) is 0.261. The molecular weight excluding hydrogens is 452 g/mol. The first-order chi connectivity index (χ1) is 16.0. The van der Waals surface area contributed by atoms with Crippen LogP contribution in [-0.4, -0.2) is 52.1 Å². The summed E-state index contributed by atoms with van der Waals surface area (Å²) in [6, 6.07) is 8.10. The summed E-state index contributed by atoms with van der Waals surface area (Å²) in [4.78, 5) is 81.8. The van der Waals surface area contributed by atoms with Gasteiger partial charge in [-0.05, 0) is 33.8 Å². The molecule has 0 saturated heterocycles. The molecule has 0 radical (unpaired) electrons. The molecule has 0 aliphatic rings. The number of rotatable bonds is 10. The Hall–Kier alpha value is -4.09. The lowest BCUT2D eigenvalue weighted by Gasteiger charge is -2.17. The molecule has 0 unspecified atom stereocenters. The van der Waals surface area contributed by atoms with Gasteiger partial charge in [0.25, 0.3) is 0 Å². The molecular formula is C23H22O11. The minimum atomic E-state index is -1.87. The maximum Gasteiger partial charge on any atom is 0.374 e. The fourth-order valence-corrected chi connectivity index (χ4v) is 2.78. The third-order valence-electron chi connectivity index (χ3n) is 4.09. The Bertz CT molecular complexity index is 1120. The predicted molar refractivity (Wildman–Crippen MR) is 114 cm³/mol. The monoisotopic (exact) mass is 474 g/mol. The molecule has 0 amide bonds. The van der Waals surface area contributed by atoms with Gasteiger partial charge in [-0.25, -0.2) is 19.2 Å². The van der Waals surface area contributed by atoms with Gasteiger partial charge in [0, 0.05) is 11.1 Å². The van der Waals surface area contributed by atoms with Crippen LogP contribution < -0.4 is 0 Å². The Morgan fingerprint density at radius 2 is 1.18 bits per heavy atom. The lowest BCUT2D eigenvalue weighted by atomic mass is 9.88. The molecule has 0 aliphatic heterocycles. The summed E-state index contributed by atoms with van der Waals surface area (Å²) in [5, 5.41) is 19.3. The van der Waals surface area contributed by atoms with Crippen molar-refractivity contribution in [1.29, 1.82) is 0 Å². The van der Waals surface area contributed by atoms with E-state index in [1.807, 2.05) is 0 Å². The Morgan fingerprint density at radius 3 is 1.62 bits per heavy atom. The second-order valence-electron chi connectivity index (χ2n) is 7.43. The van der Waals surface area contributed by atoms with Crippen LogP contribution in [0.3, 0.4) is 0 Å². The van der Waals surface area contributed by atoms with E-state index in [0.717, 1.165) is 0 Å². The van der Waals surface area contributed by atoms with E-state index < -0.39 is 69.7 Å². The second kappa shape index (κ2) is 11.2. The molecule has 0 heterocycles. The third kappa shape index (κ3) is 6.03. The van der Waals surface area contributed by atoms with E-state index >= 15 is 0 Å². The second-order valence-corrected chi connectivity index (χ2v) is 7.43. The molecule has 2 aromatic carbocycles. The van der Waals surface area contributed by atoms with Gasteiger partial charge in [-0.15, -0.1) is 0 Å². The van der Waals surface area contributed by atoms with E-state index in [0.29, 0.717) is 6.07 Å². The number of benzene rings is 2. The van der Waals surface area contributed by atoms with Gasteiger partial charge in [0.1, 0.15) is 0 Å². The van der Waals surface area contributed by atoms with Crippen LogP contribution in [0, 0.1) is 0 Å². The van der Waals surface area contributed by atoms with Crippen molar-refractivity contribution < 1.29 is 53.7 Å². The summed E-state index contributed by atoms with van der Waals surface area (Å²) in [5.74, 6) is -7.45. The van der Waals surface area contributed by atoms with Crippen LogP contribution in [0.25, 0.3) is 0 Å². The first kappa shape index (κ1) is 26.2. The van der Waals surface area contributed by atoms with Crippen LogP contribution in [0.5, 0.6) is 0 Å². The van der Waals surface area contributed by atoms with Crippen molar-refractivity contribution in [3.63, 3.8) is 0 Å². The summed E-state index contributed by atoms with van der Waals surface area (Å²) in [5.41, 5.74) is -4.49. The van der Waals surface area contributed by atoms with Gasteiger partial charge in [-0.3, -0.25) is 14.6 Å². The third-order valence-corrected chi connectivity index (χ3v) is 4.09. The highest BCUT2D eigenvalue weighted by Crippen LogP contribution is 2.29. The van der Waals surface area contributed by atoms with E-state index in [4.69, 9.17) is 9.78 Å². The average Bonchev–Trinajstić information content (AvgIpc) is 2.79. The Labute approximate surface area is 193 Å². The Balaban J connectivity index is 2.93. The summed E-state index contributed by atoms with van der Waals surface area (Å²) < 4.78 is 0. The molecule has 0 spiro atoms. The van der Waals surface area contributed by atoms with Crippen LogP contribution >= 0.6 is 0 Å². The van der Waals surface area contributed by atoms with Gasteiger partial charge in [0.15, 0.2) is 5.78 Å². The van der Waals surface area contributed by atoms with Crippen LogP contribution in [-0.2, 0) is 19.6 Å². The van der Waals surface area contributed by atoms with Crippen molar-refractivity contribution in [3.05, 3.63) is 69.8 Å². The zero-order valence-corrected chi connectivity index (χ0v) is 18.7. The minimum absolute atomic E-state index is 0.0264. The molecule has 34 heavy (non-hydrogen) atoms. The van der Waals surface area contributed by atoms with Crippen molar-refractivity contribution in [2.75, 3.05) is 0 Å². The van der Waals surface area contributed by atoms with Crippen molar-refractivity contribution in [2.24, 2.45) is 0 Å². The van der Waals surface area contributed by atoms with Gasteiger partial charge in [0.05, 0.1) is 34.5 Å². The van der Waals surface area contributed by atoms with Crippen LogP contribution in [0.1, 0.15) is 85.0 Å². The first-order valence-corrected chi connectivity index (χ1v) is 9.98. The molecule has 0 bridgehead atoms. The molecule has 0 saturated carbocycles. The molecule has 2 rings (SSSR count). The standard InChI is InChI=1S/C23H22O11/c1-11(2)31-33-22(29)17-14(19(24)13-8-6-5-7-9-13)10-15(20(25)26)16(21(27)28)18(17)23(30)34-32-12(3)4/h5-12H,1-4H3,(H,25,26)(H,27,28). The topological polar surface area (TPSA) is 163 Å². The highest BCUT2D eigenvalue weighted by molar-refractivity contribution is 6.22. The maximum absolute atomic E-state index is 13.2. The normalized spacial score (nSPS) is 10.8. The van der Waals surface area contributed by atoms with Crippen LogP contribution in [0.15, 0.2) is 36.4 Å². The number of carbonyl (C=O) groups excluding carboxylic acids is 3. The summed E-state index contributed by atoms with van der Waals surface area (Å²) >= 11 is 0. The predicted octanol–water partition coefficient (Wildman–Crippen LogP) is 3.31. The van der Waals surface area contributed by atoms with Gasteiger partial charge < -0.3 is 10.2 Å². The van der Waals surface area contributed by atoms with E-state index in [-0.39, 0.29) is 5.56 Å². The van der Waals surface area contributed by atoms with Crippen LogP contribution in [0.4, 0.5) is 0 Å². The Kier molecular flexibility index (Phi) is 8.59. The molecule has 0 atom stereocenters. The van der Waals surface area contributed by atoms with Crippen molar-refractivity contribution in [3.8, 4) is 0 Å². The molecule has 0 aromatic heterocycles. The van der Waals surface area contributed by atoms with E-state index in [2.05, 4.69) is 9.78 Å². The molecule has 11 heteroatoms. The molecule has 180 valence electrons. The van der Waals surface area contributed by atoms with E-state index in [1.165, 1.54) is 52.0 Å². The molecule has 2 N–H and O–H groups in total. The zero-order chi connectivity index (χ0) is 25.6. The number of hydrogen-bond donors (Lipinski definition) is 2. The summed E-state index contributed by atoms with van der Waals surface area (Å²) in [6.07, 6.45) is -1.29. The lowest BCUT2D eigenvalue weighted by molar-refractivity contribution is -0.267. The van der Waals surface area contributed by atoms with Gasteiger partial charge in [-0.2, -0.15) is 9.78 Å². The average molecular weight is 474 g/mol. The number of carboxylic acid groups (broad SMARTS) is 2. The number of carboxylic acids is 2. The zero-order valence-electron chi connectivity index (χ0n) is 18.7. The smallest absolute Gasteiger partial charge is 0.374 e.